The number of carbonyl (C=O) groups is 2. The Balaban J connectivity index is 3.40. The lowest BCUT2D eigenvalue weighted by atomic mass is 10.0. The van der Waals surface area contributed by atoms with Crippen LogP contribution in [0.25, 0.3) is 0 Å². The van der Waals surface area contributed by atoms with E-state index in [1.807, 2.05) is 0 Å². The van der Waals surface area contributed by atoms with Crippen LogP contribution < -0.4 is 0 Å². The fourth-order valence-electron chi connectivity index (χ4n) is 12.1. The van der Waals surface area contributed by atoms with Crippen molar-refractivity contribution in [3.05, 3.63) is 85.1 Å². The lowest BCUT2D eigenvalue weighted by molar-refractivity contribution is -0.161. The molecule has 0 rings (SSSR count). The molecule has 1 unspecified atom stereocenters. The molecular weight excluding hydrogens is 1090 g/mol. The van der Waals surface area contributed by atoms with Gasteiger partial charge in [-0.15, -0.1) is 0 Å². The molecule has 0 aliphatic heterocycles. The van der Waals surface area contributed by atoms with Crippen LogP contribution >= 0.6 is 0 Å². The highest BCUT2D eigenvalue weighted by Gasteiger charge is 2.16. The molecule has 0 heterocycles. The summed E-state index contributed by atoms with van der Waals surface area (Å²) < 4.78 is 10.8. The van der Waals surface area contributed by atoms with Gasteiger partial charge in [0.1, 0.15) is 6.61 Å². The van der Waals surface area contributed by atoms with Crippen LogP contribution in [0.2, 0.25) is 0 Å². The number of unbranched alkanes of at least 4 members (excludes halogenated alkanes) is 52. The van der Waals surface area contributed by atoms with E-state index < -0.39 is 6.10 Å². The monoisotopic (exact) mass is 1240 g/mol. The number of aliphatic hydroxyl groups excluding tert-OH is 1. The van der Waals surface area contributed by atoms with Crippen molar-refractivity contribution in [3.63, 3.8) is 0 Å². The van der Waals surface area contributed by atoms with Crippen molar-refractivity contribution in [2.24, 2.45) is 0 Å². The predicted octanol–water partition coefficient (Wildman–Crippen LogP) is 27.9. The predicted molar refractivity (Wildman–Crippen MR) is 394 cm³/mol. The molecule has 0 bridgehead atoms. The van der Waals surface area contributed by atoms with Crippen LogP contribution in [-0.2, 0) is 19.1 Å². The molecule has 0 aromatic heterocycles. The molecule has 5 nitrogen and oxygen atoms in total. The van der Waals surface area contributed by atoms with E-state index >= 15 is 0 Å². The molecule has 0 aromatic carbocycles. The zero-order valence-electron chi connectivity index (χ0n) is 59.7. The van der Waals surface area contributed by atoms with Crippen LogP contribution in [0.1, 0.15) is 418 Å². The molecule has 0 saturated carbocycles. The van der Waals surface area contributed by atoms with Crippen molar-refractivity contribution < 1.29 is 24.2 Å². The van der Waals surface area contributed by atoms with E-state index in [4.69, 9.17) is 9.47 Å². The maximum atomic E-state index is 12.4. The summed E-state index contributed by atoms with van der Waals surface area (Å²) in [4.78, 5) is 24.7. The minimum Gasteiger partial charge on any atom is -0.462 e. The number of esters is 2. The molecule has 89 heavy (non-hydrogen) atoms. The van der Waals surface area contributed by atoms with Gasteiger partial charge in [0, 0.05) is 12.8 Å². The Morgan fingerprint density at radius 3 is 0.730 bits per heavy atom. The van der Waals surface area contributed by atoms with Gasteiger partial charge in [0.2, 0.25) is 0 Å². The molecule has 0 aliphatic carbocycles. The van der Waals surface area contributed by atoms with Gasteiger partial charge in [-0.25, -0.2) is 0 Å². The molecule has 0 aromatic rings. The van der Waals surface area contributed by atoms with E-state index in [0.717, 1.165) is 83.5 Å². The van der Waals surface area contributed by atoms with Crippen LogP contribution in [-0.4, -0.2) is 36.4 Å². The van der Waals surface area contributed by atoms with Crippen molar-refractivity contribution in [1.82, 2.24) is 0 Å². The Bertz CT molecular complexity index is 1600. The summed E-state index contributed by atoms with van der Waals surface area (Å²) in [6.07, 6.45) is 112. The molecule has 1 N–H and O–H groups in total. The van der Waals surface area contributed by atoms with Crippen LogP contribution in [0.3, 0.4) is 0 Å². The summed E-state index contributed by atoms with van der Waals surface area (Å²) in [5.41, 5.74) is 0. The summed E-state index contributed by atoms with van der Waals surface area (Å²) >= 11 is 0. The number of rotatable bonds is 74. The summed E-state index contributed by atoms with van der Waals surface area (Å²) in [7, 11) is 0. The molecular formula is C84H152O5. The average molecular weight is 1240 g/mol. The number of carbonyl (C=O) groups excluding carboxylic acids is 2. The van der Waals surface area contributed by atoms with Crippen LogP contribution in [0.15, 0.2) is 85.1 Å². The van der Waals surface area contributed by atoms with Crippen molar-refractivity contribution in [3.8, 4) is 0 Å². The van der Waals surface area contributed by atoms with Crippen LogP contribution in [0.4, 0.5) is 0 Å². The molecule has 0 aliphatic rings. The van der Waals surface area contributed by atoms with E-state index in [-0.39, 0.29) is 25.2 Å². The third-order valence-corrected chi connectivity index (χ3v) is 18.0. The Kier molecular flexibility index (Phi) is 76.7. The highest BCUT2D eigenvalue weighted by Crippen LogP contribution is 2.20. The van der Waals surface area contributed by atoms with Crippen molar-refractivity contribution in [1.29, 1.82) is 0 Å². The number of hydrogen-bond acceptors (Lipinski definition) is 5. The first-order valence-corrected chi connectivity index (χ1v) is 39.6. The molecule has 0 amide bonds. The van der Waals surface area contributed by atoms with E-state index in [0.29, 0.717) is 12.8 Å². The summed E-state index contributed by atoms with van der Waals surface area (Å²) in [5.74, 6) is -0.571. The second-order valence-corrected chi connectivity index (χ2v) is 26.8. The van der Waals surface area contributed by atoms with Crippen LogP contribution in [0, 0.1) is 0 Å². The van der Waals surface area contributed by atoms with Crippen molar-refractivity contribution >= 4 is 11.9 Å². The third kappa shape index (κ3) is 77.4. The normalized spacial score (nSPS) is 12.6. The molecule has 0 fully saturated rings. The van der Waals surface area contributed by atoms with Crippen molar-refractivity contribution in [2.45, 2.75) is 424 Å². The SMILES string of the molecule is CC/C=C\C/C=C\C/C=C\C/C=C\C/C=C\C/C=C\C/C=C\CCCCCCCCCCCCCCCCCC(=O)OC(CO)COC(=O)CCCCCCCCCCCCCCCCCCCCCCCCCCCCCCCCCCCCCCCC. The molecule has 518 valence electrons. The fraction of sp³-hybridized carbons (Fsp3) is 0.810. The number of aliphatic hydroxyl groups is 1. The molecule has 0 spiro atoms. The molecule has 1 atom stereocenters. The Morgan fingerprint density at radius 1 is 0.270 bits per heavy atom. The van der Waals surface area contributed by atoms with E-state index in [1.54, 1.807) is 0 Å². The largest absolute Gasteiger partial charge is 0.462 e. The van der Waals surface area contributed by atoms with E-state index in [1.165, 1.54) is 308 Å². The highest BCUT2D eigenvalue weighted by molar-refractivity contribution is 5.70. The minimum absolute atomic E-state index is 0.0630. The maximum Gasteiger partial charge on any atom is 0.306 e. The van der Waals surface area contributed by atoms with Gasteiger partial charge in [-0.1, -0.05) is 420 Å². The molecule has 5 heteroatoms. The third-order valence-electron chi connectivity index (χ3n) is 18.0. The van der Waals surface area contributed by atoms with Gasteiger partial charge in [0.05, 0.1) is 6.61 Å². The lowest BCUT2D eigenvalue weighted by Crippen LogP contribution is -2.28. The average Bonchev–Trinajstić information content (AvgIpc) is 3.55. The first-order chi connectivity index (χ1) is 44.1. The quantitative estimate of drug-likeness (QED) is 0.0373. The fourth-order valence-corrected chi connectivity index (χ4v) is 12.1. The Hall–Kier alpha value is -2.92. The van der Waals surface area contributed by atoms with Gasteiger partial charge < -0.3 is 14.6 Å². The summed E-state index contributed by atoms with van der Waals surface area (Å²) in [6, 6.07) is 0. The van der Waals surface area contributed by atoms with Gasteiger partial charge in [-0.3, -0.25) is 9.59 Å². The Morgan fingerprint density at radius 2 is 0.483 bits per heavy atom. The smallest absolute Gasteiger partial charge is 0.306 e. The number of ether oxygens (including phenoxy) is 2. The first-order valence-electron chi connectivity index (χ1n) is 39.6. The first kappa shape index (κ1) is 86.1. The lowest BCUT2D eigenvalue weighted by Gasteiger charge is -2.15. The van der Waals surface area contributed by atoms with Crippen LogP contribution in [0.5, 0.6) is 0 Å². The van der Waals surface area contributed by atoms with Gasteiger partial charge >= 0.3 is 11.9 Å². The molecule has 0 saturated heterocycles. The molecule has 0 radical (unpaired) electrons. The summed E-state index contributed by atoms with van der Waals surface area (Å²) in [6.45, 7) is 4.08. The second-order valence-electron chi connectivity index (χ2n) is 26.8. The van der Waals surface area contributed by atoms with E-state index in [9.17, 15) is 14.7 Å². The second kappa shape index (κ2) is 79.3. The zero-order chi connectivity index (χ0) is 64.0. The maximum absolute atomic E-state index is 12.4. The topological polar surface area (TPSA) is 72.8 Å². The van der Waals surface area contributed by atoms with Gasteiger partial charge in [0.15, 0.2) is 6.10 Å². The van der Waals surface area contributed by atoms with Crippen molar-refractivity contribution in [2.75, 3.05) is 13.2 Å². The standard InChI is InChI=1S/C84H152O5/c1-3-5-7-9-11-13-15-17-19-21-23-25-27-29-31-33-35-37-39-41-43-44-46-48-50-52-54-56-58-60-62-64-66-68-70-72-74-76-78-83(86)88-81-82(80-85)89-84(87)79-77-75-73-71-69-67-65-63-61-59-57-55-53-51-49-47-45-42-40-38-36-34-32-30-28-26-24-22-20-18-16-14-12-10-8-6-4-2/h6,8,12,14,18,20,24,26,30,32,36,38,42,45,82,85H,3-5,7,9-11,13,15-17,19,21-23,25,27-29,31,33-35,37,39-41,43-44,46-81H2,1-2H3/b8-6-,14-12-,20-18-,26-24-,32-30-,38-36-,45-42-. The van der Waals surface area contributed by atoms with Gasteiger partial charge in [-0.2, -0.15) is 0 Å². The van der Waals surface area contributed by atoms with Gasteiger partial charge in [-0.05, 0) is 70.6 Å². The number of hydrogen-bond donors (Lipinski definition) is 1. The van der Waals surface area contributed by atoms with Gasteiger partial charge in [0.25, 0.3) is 0 Å². The highest BCUT2D eigenvalue weighted by atomic mass is 16.6. The Labute approximate surface area is 556 Å². The number of allylic oxidation sites excluding steroid dienone is 14. The zero-order valence-corrected chi connectivity index (χ0v) is 59.7. The summed E-state index contributed by atoms with van der Waals surface area (Å²) in [5, 5.41) is 9.73. The van der Waals surface area contributed by atoms with E-state index in [2.05, 4.69) is 98.9 Å². The minimum atomic E-state index is -0.775.